The standard InChI is InChI=1S/C21H21ClN4O/c1-15-21(27-20-9-8-18(22)12-17(20)13-23)19(25-24-15)14-26(2)11-10-16-6-4-3-5-7-16/h3-9,12H,10-11,14H2,1-2H3,(H,24,25). The van der Waals surface area contributed by atoms with Crippen LogP contribution in [0.4, 0.5) is 0 Å². The molecule has 3 aromatic rings. The van der Waals surface area contributed by atoms with Crippen LogP contribution in [0, 0.1) is 18.3 Å². The van der Waals surface area contributed by atoms with E-state index in [-0.39, 0.29) is 0 Å². The van der Waals surface area contributed by atoms with E-state index in [0.29, 0.717) is 28.6 Å². The summed E-state index contributed by atoms with van der Waals surface area (Å²) in [5.41, 5.74) is 3.33. The highest BCUT2D eigenvalue weighted by molar-refractivity contribution is 6.30. The molecule has 0 fully saturated rings. The van der Waals surface area contributed by atoms with Crippen molar-refractivity contribution in [3.8, 4) is 17.6 Å². The summed E-state index contributed by atoms with van der Waals surface area (Å²) in [7, 11) is 2.06. The minimum absolute atomic E-state index is 0.395. The number of hydrogen-bond acceptors (Lipinski definition) is 4. The molecule has 0 aliphatic carbocycles. The zero-order valence-electron chi connectivity index (χ0n) is 15.4. The van der Waals surface area contributed by atoms with Crippen LogP contribution in [0.1, 0.15) is 22.5 Å². The molecule has 138 valence electrons. The number of H-pyrrole nitrogens is 1. The first-order valence-electron chi connectivity index (χ1n) is 8.70. The molecular weight excluding hydrogens is 360 g/mol. The average molecular weight is 381 g/mol. The molecule has 0 aliphatic heterocycles. The Labute approximate surface area is 164 Å². The largest absolute Gasteiger partial charge is 0.452 e. The monoisotopic (exact) mass is 380 g/mol. The fourth-order valence-corrected chi connectivity index (χ4v) is 2.97. The van der Waals surface area contributed by atoms with Crippen LogP contribution in [0.25, 0.3) is 0 Å². The van der Waals surface area contributed by atoms with Crippen molar-refractivity contribution in [2.45, 2.75) is 19.9 Å². The number of rotatable bonds is 7. The fourth-order valence-electron chi connectivity index (χ4n) is 2.80. The minimum Gasteiger partial charge on any atom is -0.452 e. The van der Waals surface area contributed by atoms with Crippen LogP contribution < -0.4 is 4.74 Å². The van der Waals surface area contributed by atoms with Crippen LogP contribution in [0.3, 0.4) is 0 Å². The summed E-state index contributed by atoms with van der Waals surface area (Å²) in [6.07, 6.45) is 0.965. The molecule has 1 N–H and O–H groups in total. The van der Waals surface area contributed by atoms with E-state index in [1.54, 1.807) is 18.2 Å². The molecule has 1 aromatic heterocycles. The Balaban J connectivity index is 1.70. The second-order valence-corrected chi connectivity index (χ2v) is 6.89. The lowest BCUT2D eigenvalue weighted by Gasteiger charge is -2.16. The van der Waals surface area contributed by atoms with E-state index in [1.807, 2.05) is 13.0 Å². The Morgan fingerprint density at radius 3 is 2.74 bits per heavy atom. The van der Waals surface area contributed by atoms with Gasteiger partial charge in [-0.1, -0.05) is 41.9 Å². The molecule has 0 aliphatic rings. The Kier molecular flexibility index (Phi) is 6.12. The van der Waals surface area contributed by atoms with E-state index in [2.05, 4.69) is 52.5 Å². The van der Waals surface area contributed by atoms with Gasteiger partial charge in [-0.2, -0.15) is 10.4 Å². The zero-order valence-corrected chi connectivity index (χ0v) is 16.1. The third-order valence-electron chi connectivity index (χ3n) is 4.28. The van der Waals surface area contributed by atoms with Crippen LogP contribution >= 0.6 is 11.6 Å². The van der Waals surface area contributed by atoms with Gasteiger partial charge in [-0.05, 0) is 44.2 Å². The molecule has 0 saturated carbocycles. The van der Waals surface area contributed by atoms with Gasteiger partial charge in [0.2, 0.25) is 0 Å². The number of benzene rings is 2. The van der Waals surface area contributed by atoms with Crippen LogP contribution in [-0.2, 0) is 13.0 Å². The smallest absolute Gasteiger partial charge is 0.172 e. The highest BCUT2D eigenvalue weighted by Crippen LogP contribution is 2.31. The van der Waals surface area contributed by atoms with E-state index < -0.39 is 0 Å². The predicted octanol–water partition coefficient (Wildman–Crippen LogP) is 4.71. The van der Waals surface area contributed by atoms with Crippen molar-refractivity contribution in [1.82, 2.24) is 15.1 Å². The SMILES string of the molecule is Cc1[nH]nc(CN(C)CCc2ccccc2)c1Oc1ccc(Cl)cc1C#N. The highest BCUT2D eigenvalue weighted by atomic mass is 35.5. The number of aromatic nitrogens is 2. The van der Waals surface area contributed by atoms with Crippen molar-refractivity contribution in [3.05, 3.63) is 76.1 Å². The van der Waals surface area contributed by atoms with Gasteiger partial charge in [-0.25, -0.2) is 0 Å². The maximum Gasteiger partial charge on any atom is 0.172 e. The summed E-state index contributed by atoms with van der Waals surface area (Å²) in [4.78, 5) is 2.20. The van der Waals surface area contributed by atoms with Crippen molar-refractivity contribution in [2.75, 3.05) is 13.6 Å². The number of ether oxygens (including phenoxy) is 1. The van der Waals surface area contributed by atoms with E-state index in [1.165, 1.54) is 5.56 Å². The van der Waals surface area contributed by atoms with Gasteiger partial charge in [0.05, 0.1) is 11.3 Å². The molecule has 0 amide bonds. The maximum atomic E-state index is 9.31. The second-order valence-electron chi connectivity index (χ2n) is 6.45. The Bertz CT molecular complexity index is 947. The number of nitrogens with zero attached hydrogens (tertiary/aromatic N) is 3. The normalized spacial score (nSPS) is 10.8. The Morgan fingerprint density at radius 2 is 2.00 bits per heavy atom. The molecule has 5 nitrogen and oxygen atoms in total. The quantitative estimate of drug-likeness (QED) is 0.644. The summed E-state index contributed by atoms with van der Waals surface area (Å²) < 4.78 is 6.02. The lowest BCUT2D eigenvalue weighted by atomic mass is 10.1. The van der Waals surface area contributed by atoms with E-state index >= 15 is 0 Å². The van der Waals surface area contributed by atoms with Gasteiger partial charge < -0.3 is 4.74 Å². The summed E-state index contributed by atoms with van der Waals surface area (Å²) in [6.45, 7) is 3.44. The molecule has 0 saturated heterocycles. The first kappa shape index (κ1) is 19.0. The summed E-state index contributed by atoms with van der Waals surface area (Å²) in [5.74, 6) is 1.12. The van der Waals surface area contributed by atoms with E-state index in [9.17, 15) is 5.26 Å². The molecular formula is C21H21ClN4O. The molecule has 1 heterocycles. The topological polar surface area (TPSA) is 64.9 Å². The molecule has 6 heteroatoms. The summed E-state index contributed by atoms with van der Waals surface area (Å²) in [5, 5.41) is 17.2. The Morgan fingerprint density at radius 1 is 1.22 bits per heavy atom. The third kappa shape index (κ3) is 4.88. The molecule has 2 aromatic carbocycles. The van der Waals surface area contributed by atoms with Crippen LogP contribution in [0.2, 0.25) is 5.02 Å². The van der Waals surface area contributed by atoms with Crippen molar-refractivity contribution in [1.29, 1.82) is 5.26 Å². The molecule has 0 radical (unpaired) electrons. The molecule has 0 unspecified atom stereocenters. The first-order chi connectivity index (χ1) is 13.1. The molecule has 0 spiro atoms. The van der Waals surface area contributed by atoms with Gasteiger partial charge in [0.25, 0.3) is 0 Å². The van der Waals surface area contributed by atoms with Crippen LogP contribution in [0.5, 0.6) is 11.5 Å². The van der Waals surface area contributed by atoms with Crippen molar-refractivity contribution in [3.63, 3.8) is 0 Å². The van der Waals surface area contributed by atoms with Gasteiger partial charge in [-0.15, -0.1) is 0 Å². The first-order valence-corrected chi connectivity index (χ1v) is 9.08. The third-order valence-corrected chi connectivity index (χ3v) is 4.52. The van der Waals surface area contributed by atoms with E-state index in [0.717, 1.165) is 24.4 Å². The van der Waals surface area contributed by atoms with Gasteiger partial charge in [0, 0.05) is 18.1 Å². The lowest BCUT2D eigenvalue weighted by Crippen LogP contribution is -2.21. The number of nitriles is 1. The molecule has 3 rings (SSSR count). The number of likely N-dealkylation sites (N-methyl/N-ethyl adjacent to an activating group) is 1. The van der Waals surface area contributed by atoms with Crippen molar-refractivity contribution >= 4 is 11.6 Å². The fraction of sp³-hybridized carbons (Fsp3) is 0.238. The van der Waals surface area contributed by atoms with Crippen LogP contribution in [0.15, 0.2) is 48.5 Å². The van der Waals surface area contributed by atoms with Gasteiger partial charge in [-0.3, -0.25) is 10.00 Å². The van der Waals surface area contributed by atoms with Gasteiger partial charge in [0.15, 0.2) is 5.75 Å². The van der Waals surface area contributed by atoms with Crippen molar-refractivity contribution in [2.24, 2.45) is 0 Å². The minimum atomic E-state index is 0.395. The number of hydrogen-bond donors (Lipinski definition) is 1. The van der Waals surface area contributed by atoms with Crippen LogP contribution in [-0.4, -0.2) is 28.7 Å². The van der Waals surface area contributed by atoms with Crippen molar-refractivity contribution < 1.29 is 4.74 Å². The van der Waals surface area contributed by atoms with E-state index in [4.69, 9.17) is 16.3 Å². The second kappa shape index (κ2) is 8.72. The summed E-state index contributed by atoms with van der Waals surface area (Å²) >= 11 is 5.96. The van der Waals surface area contributed by atoms with Gasteiger partial charge in [0.1, 0.15) is 17.5 Å². The highest BCUT2D eigenvalue weighted by Gasteiger charge is 2.16. The zero-order chi connectivity index (χ0) is 19.2. The number of nitrogens with one attached hydrogen (secondary N) is 1. The summed E-state index contributed by atoms with van der Waals surface area (Å²) in [6, 6.07) is 17.5. The molecule has 27 heavy (non-hydrogen) atoms. The average Bonchev–Trinajstić information content (AvgIpc) is 3.02. The number of aromatic amines is 1. The molecule has 0 bridgehead atoms. The number of halogens is 1. The lowest BCUT2D eigenvalue weighted by molar-refractivity contribution is 0.321. The number of aryl methyl sites for hydroxylation is 1. The maximum absolute atomic E-state index is 9.31. The predicted molar refractivity (Wildman–Crippen MR) is 106 cm³/mol. The molecule has 0 atom stereocenters. The Hall–Kier alpha value is -2.81. The van der Waals surface area contributed by atoms with Gasteiger partial charge >= 0.3 is 0 Å².